The molecule has 1 aliphatic rings. The highest BCUT2D eigenvalue weighted by Gasteiger charge is 2.45. The van der Waals surface area contributed by atoms with Gasteiger partial charge in [-0.2, -0.15) is 4.39 Å². The number of allylic oxidation sites excluding steroid dienone is 5. The summed E-state index contributed by atoms with van der Waals surface area (Å²) in [6.07, 6.45) is 3.32. The van der Waals surface area contributed by atoms with Crippen molar-refractivity contribution >= 4 is 11.4 Å². The number of rotatable bonds is 5. The highest BCUT2D eigenvalue weighted by atomic mass is 19.3. The Bertz CT molecular complexity index is 667. The third-order valence-corrected chi connectivity index (χ3v) is 4.09. The first-order chi connectivity index (χ1) is 10.8. The van der Waals surface area contributed by atoms with Gasteiger partial charge in [-0.25, -0.2) is 13.8 Å². The Balaban J connectivity index is 2.15. The number of halogens is 3. The van der Waals surface area contributed by atoms with Crippen molar-refractivity contribution in [2.45, 2.75) is 45.6 Å². The fourth-order valence-electron chi connectivity index (χ4n) is 2.65. The van der Waals surface area contributed by atoms with Gasteiger partial charge in [0.1, 0.15) is 5.82 Å². The SMILES string of the molecule is C=C(C(=C/C)/C(C)=C/C)c1ccc(NC2CC(F)(F)C2)nc1F. The molecular weight excluding hydrogens is 301 g/mol. The predicted molar refractivity (Wildman–Crippen MR) is 88.0 cm³/mol. The van der Waals surface area contributed by atoms with Crippen LogP contribution in [0.2, 0.25) is 0 Å². The fourth-order valence-corrected chi connectivity index (χ4v) is 2.65. The molecule has 1 heterocycles. The second kappa shape index (κ2) is 6.60. The first-order valence-electron chi connectivity index (χ1n) is 7.57. The van der Waals surface area contributed by atoms with Gasteiger partial charge in [-0.05, 0) is 49.6 Å². The van der Waals surface area contributed by atoms with Crippen LogP contribution in [-0.2, 0) is 0 Å². The van der Waals surface area contributed by atoms with E-state index in [0.29, 0.717) is 11.1 Å². The van der Waals surface area contributed by atoms with Crippen LogP contribution in [0, 0.1) is 5.95 Å². The van der Waals surface area contributed by atoms with E-state index in [1.165, 1.54) is 0 Å². The largest absolute Gasteiger partial charge is 0.367 e. The maximum absolute atomic E-state index is 14.3. The molecule has 0 radical (unpaired) electrons. The molecule has 1 aromatic heterocycles. The molecule has 0 bridgehead atoms. The van der Waals surface area contributed by atoms with E-state index in [9.17, 15) is 13.2 Å². The third kappa shape index (κ3) is 3.84. The van der Waals surface area contributed by atoms with Crippen molar-refractivity contribution in [3.63, 3.8) is 0 Å². The number of pyridine rings is 1. The van der Waals surface area contributed by atoms with E-state index >= 15 is 0 Å². The zero-order chi connectivity index (χ0) is 17.2. The highest BCUT2D eigenvalue weighted by molar-refractivity contribution is 5.81. The number of nitrogens with one attached hydrogen (secondary N) is 1. The Hall–Kier alpha value is -2.04. The van der Waals surface area contributed by atoms with E-state index in [1.54, 1.807) is 12.1 Å². The van der Waals surface area contributed by atoms with Crippen LogP contribution >= 0.6 is 0 Å². The van der Waals surface area contributed by atoms with Crippen molar-refractivity contribution < 1.29 is 13.2 Å². The molecule has 2 rings (SSSR count). The summed E-state index contributed by atoms with van der Waals surface area (Å²) in [4.78, 5) is 3.84. The first-order valence-corrected chi connectivity index (χ1v) is 7.57. The zero-order valence-corrected chi connectivity index (χ0v) is 13.6. The number of hydrogen-bond acceptors (Lipinski definition) is 2. The van der Waals surface area contributed by atoms with Gasteiger partial charge in [0, 0.05) is 24.4 Å². The van der Waals surface area contributed by atoms with E-state index < -0.39 is 11.9 Å². The van der Waals surface area contributed by atoms with Crippen molar-refractivity contribution in [3.8, 4) is 0 Å². The van der Waals surface area contributed by atoms with Crippen LogP contribution in [0.15, 0.2) is 42.0 Å². The molecule has 1 N–H and O–H groups in total. The van der Waals surface area contributed by atoms with Crippen LogP contribution in [0.25, 0.3) is 5.57 Å². The minimum absolute atomic E-state index is 0.242. The molecule has 2 nitrogen and oxygen atoms in total. The summed E-state index contributed by atoms with van der Waals surface area (Å²) in [5.74, 6) is -3.01. The Morgan fingerprint density at radius 3 is 2.43 bits per heavy atom. The van der Waals surface area contributed by atoms with Gasteiger partial charge in [-0.15, -0.1) is 0 Å². The summed E-state index contributed by atoms with van der Waals surface area (Å²) in [5.41, 5.74) is 2.71. The minimum atomic E-state index is -2.62. The van der Waals surface area contributed by atoms with Crippen molar-refractivity contribution in [2.75, 3.05) is 5.32 Å². The molecule has 0 saturated heterocycles. The maximum Gasteiger partial charge on any atom is 0.252 e. The summed E-state index contributed by atoms with van der Waals surface area (Å²) >= 11 is 0. The molecule has 23 heavy (non-hydrogen) atoms. The molecule has 0 aromatic carbocycles. The summed E-state index contributed by atoms with van der Waals surface area (Å²) in [6, 6.07) is 2.82. The highest BCUT2D eigenvalue weighted by Crippen LogP contribution is 2.39. The van der Waals surface area contributed by atoms with Crippen molar-refractivity contribution in [1.29, 1.82) is 0 Å². The van der Waals surface area contributed by atoms with E-state index in [-0.39, 0.29) is 24.7 Å². The van der Waals surface area contributed by atoms with Crippen LogP contribution in [0.5, 0.6) is 0 Å². The molecule has 1 fully saturated rings. The lowest BCUT2D eigenvalue weighted by molar-refractivity contribution is -0.0794. The van der Waals surface area contributed by atoms with E-state index in [0.717, 1.165) is 11.1 Å². The minimum Gasteiger partial charge on any atom is -0.367 e. The Morgan fingerprint density at radius 2 is 1.96 bits per heavy atom. The van der Waals surface area contributed by atoms with Crippen molar-refractivity contribution in [2.24, 2.45) is 0 Å². The predicted octanol–water partition coefficient (Wildman–Crippen LogP) is 5.36. The van der Waals surface area contributed by atoms with Gasteiger partial charge in [0.15, 0.2) is 0 Å². The summed E-state index contributed by atoms with van der Waals surface area (Å²) in [7, 11) is 0. The summed E-state index contributed by atoms with van der Waals surface area (Å²) < 4.78 is 39.9. The molecule has 1 saturated carbocycles. The summed E-state index contributed by atoms with van der Waals surface area (Å²) in [6.45, 7) is 9.65. The Morgan fingerprint density at radius 1 is 1.30 bits per heavy atom. The number of anilines is 1. The second-order valence-electron chi connectivity index (χ2n) is 5.79. The van der Waals surface area contributed by atoms with Gasteiger partial charge in [0.2, 0.25) is 5.95 Å². The number of nitrogens with zero attached hydrogens (tertiary/aromatic N) is 1. The molecule has 0 aliphatic heterocycles. The molecule has 0 amide bonds. The smallest absolute Gasteiger partial charge is 0.252 e. The fraction of sp³-hybridized carbons (Fsp3) is 0.389. The van der Waals surface area contributed by atoms with E-state index in [1.807, 2.05) is 32.9 Å². The van der Waals surface area contributed by atoms with Gasteiger partial charge >= 0.3 is 0 Å². The van der Waals surface area contributed by atoms with E-state index in [4.69, 9.17) is 0 Å². The molecule has 1 aromatic rings. The molecule has 1 aliphatic carbocycles. The molecule has 0 unspecified atom stereocenters. The third-order valence-electron chi connectivity index (χ3n) is 4.09. The van der Waals surface area contributed by atoms with Crippen LogP contribution in [0.4, 0.5) is 19.0 Å². The quantitative estimate of drug-likeness (QED) is 0.583. The molecule has 0 spiro atoms. The number of aromatic nitrogens is 1. The van der Waals surface area contributed by atoms with Gasteiger partial charge < -0.3 is 5.32 Å². The van der Waals surface area contributed by atoms with Gasteiger partial charge in [0.05, 0.1) is 0 Å². The second-order valence-corrected chi connectivity index (χ2v) is 5.79. The van der Waals surface area contributed by atoms with Crippen molar-refractivity contribution in [3.05, 3.63) is 53.5 Å². The Labute approximate surface area is 134 Å². The average molecular weight is 322 g/mol. The lowest BCUT2D eigenvalue weighted by atomic mass is 9.88. The number of alkyl halides is 2. The number of hydrogen-bond donors (Lipinski definition) is 1. The monoisotopic (exact) mass is 322 g/mol. The lowest BCUT2D eigenvalue weighted by Gasteiger charge is -2.35. The normalized spacial score (nSPS) is 18.5. The topological polar surface area (TPSA) is 24.9 Å². The van der Waals surface area contributed by atoms with Gasteiger partial charge in [-0.3, -0.25) is 0 Å². The van der Waals surface area contributed by atoms with Gasteiger partial charge in [0.25, 0.3) is 5.92 Å². The average Bonchev–Trinajstić information content (AvgIpc) is 2.45. The zero-order valence-electron chi connectivity index (χ0n) is 13.6. The standard InChI is InChI=1S/C18H21F3N2/c1-5-11(3)14(6-2)12(4)15-7-8-16(23-17(15)19)22-13-9-18(20,21)10-13/h5-8,13H,4,9-10H2,1-3H3,(H,22,23)/b11-5+,14-6+. The Kier molecular flexibility index (Phi) is 4.97. The van der Waals surface area contributed by atoms with Crippen molar-refractivity contribution in [1.82, 2.24) is 4.98 Å². The van der Waals surface area contributed by atoms with Crippen LogP contribution in [0.1, 0.15) is 39.2 Å². The summed E-state index contributed by atoms with van der Waals surface area (Å²) in [5, 5.41) is 2.83. The molecular formula is C18H21F3N2. The molecule has 5 heteroatoms. The molecule has 0 atom stereocenters. The van der Waals surface area contributed by atoms with Crippen LogP contribution < -0.4 is 5.32 Å². The van der Waals surface area contributed by atoms with Crippen LogP contribution in [0.3, 0.4) is 0 Å². The van der Waals surface area contributed by atoms with E-state index in [2.05, 4.69) is 16.9 Å². The van der Waals surface area contributed by atoms with Gasteiger partial charge in [-0.1, -0.05) is 18.7 Å². The lowest BCUT2D eigenvalue weighted by Crippen LogP contribution is -2.44. The molecule has 124 valence electrons. The van der Waals surface area contributed by atoms with Crippen LogP contribution in [-0.4, -0.2) is 16.9 Å². The maximum atomic E-state index is 14.3. The first kappa shape index (κ1) is 17.3.